The lowest BCUT2D eigenvalue weighted by molar-refractivity contribution is -0.138. The quantitative estimate of drug-likeness (QED) is 0.766. The van der Waals surface area contributed by atoms with Gasteiger partial charge in [0, 0.05) is 44.1 Å². The van der Waals surface area contributed by atoms with Crippen LogP contribution in [0.4, 0.5) is 4.39 Å². The summed E-state index contributed by atoms with van der Waals surface area (Å²) in [5.74, 6) is 1.60. The van der Waals surface area contributed by atoms with Crippen molar-refractivity contribution in [2.45, 2.75) is 31.1 Å². The van der Waals surface area contributed by atoms with Crippen molar-refractivity contribution in [2.75, 3.05) is 25.9 Å². The number of likely N-dealkylation sites (N-methyl/N-ethyl adjacent to an activating group) is 1. The minimum Gasteiger partial charge on any atom is -0.341 e. The van der Waals surface area contributed by atoms with Crippen LogP contribution in [0.3, 0.4) is 0 Å². The van der Waals surface area contributed by atoms with Crippen molar-refractivity contribution in [3.05, 3.63) is 35.6 Å². The predicted molar refractivity (Wildman–Crippen MR) is 93.0 cm³/mol. The van der Waals surface area contributed by atoms with E-state index in [1.807, 2.05) is 16.8 Å². The van der Waals surface area contributed by atoms with Crippen LogP contribution in [0.15, 0.2) is 24.3 Å². The fourth-order valence-corrected chi connectivity index (χ4v) is 4.34. The van der Waals surface area contributed by atoms with Crippen LogP contribution in [0, 0.1) is 11.7 Å². The van der Waals surface area contributed by atoms with Crippen molar-refractivity contribution in [2.24, 2.45) is 5.92 Å². The molecule has 6 heteroatoms. The van der Waals surface area contributed by atoms with Gasteiger partial charge in [-0.25, -0.2) is 4.39 Å². The number of hydrogen-bond donors (Lipinski definition) is 0. The zero-order valence-electron chi connectivity index (χ0n) is 13.9. The van der Waals surface area contributed by atoms with Crippen LogP contribution >= 0.6 is 11.8 Å². The number of rotatable bonds is 5. The molecular weight excluding hydrogens is 327 g/mol. The zero-order chi connectivity index (χ0) is 17.1. The summed E-state index contributed by atoms with van der Waals surface area (Å²) in [6.07, 6.45) is 2.39. The normalized spacial score (nSPS) is 23.5. The number of halogens is 1. The average molecular weight is 350 g/mol. The lowest BCUT2D eigenvalue weighted by atomic mass is 9.95. The molecule has 3 heterocycles. The van der Waals surface area contributed by atoms with Crippen molar-refractivity contribution in [1.29, 1.82) is 0 Å². The Bertz CT molecular complexity index is 608. The van der Waals surface area contributed by atoms with Gasteiger partial charge in [0.2, 0.25) is 11.8 Å². The highest BCUT2D eigenvalue weighted by molar-refractivity contribution is 7.98. The van der Waals surface area contributed by atoms with Crippen molar-refractivity contribution < 1.29 is 14.0 Å². The molecule has 2 bridgehead atoms. The van der Waals surface area contributed by atoms with E-state index < -0.39 is 0 Å². The van der Waals surface area contributed by atoms with Crippen LogP contribution in [0.2, 0.25) is 0 Å². The Morgan fingerprint density at radius 1 is 1.25 bits per heavy atom. The van der Waals surface area contributed by atoms with E-state index in [0.29, 0.717) is 19.5 Å². The van der Waals surface area contributed by atoms with E-state index in [0.717, 1.165) is 29.9 Å². The first-order valence-electron chi connectivity index (χ1n) is 8.41. The van der Waals surface area contributed by atoms with Gasteiger partial charge in [0.25, 0.3) is 0 Å². The highest BCUT2D eigenvalue weighted by Crippen LogP contribution is 2.28. The molecule has 1 aromatic rings. The molecule has 2 atom stereocenters. The molecule has 0 radical (unpaired) electrons. The van der Waals surface area contributed by atoms with Gasteiger partial charge in [-0.2, -0.15) is 11.8 Å². The van der Waals surface area contributed by atoms with Crippen molar-refractivity contribution >= 4 is 23.6 Å². The minimum absolute atomic E-state index is 0.0235. The lowest BCUT2D eigenvalue weighted by Gasteiger charge is -2.32. The van der Waals surface area contributed by atoms with Crippen LogP contribution in [0.5, 0.6) is 0 Å². The van der Waals surface area contributed by atoms with E-state index >= 15 is 0 Å². The molecule has 0 aromatic heterocycles. The number of thioether (sulfide) groups is 1. The third-order valence-corrected chi connectivity index (χ3v) is 5.99. The molecule has 4 rings (SSSR count). The Morgan fingerprint density at radius 2 is 2.00 bits per heavy atom. The fourth-order valence-electron chi connectivity index (χ4n) is 3.45. The molecule has 1 aromatic carbocycles. The van der Waals surface area contributed by atoms with Crippen LogP contribution < -0.4 is 0 Å². The van der Waals surface area contributed by atoms with E-state index in [4.69, 9.17) is 0 Å². The third kappa shape index (κ3) is 3.91. The Hall–Kier alpha value is -1.56. The van der Waals surface area contributed by atoms with Gasteiger partial charge in [-0.3, -0.25) is 9.59 Å². The second-order valence-corrected chi connectivity index (χ2v) is 7.71. The molecule has 3 fully saturated rings. The number of carbonyl (C=O) groups excluding carboxylic acids is 2. The van der Waals surface area contributed by atoms with Crippen molar-refractivity contribution in [3.63, 3.8) is 0 Å². The van der Waals surface area contributed by atoms with Gasteiger partial charge in [0.1, 0.15) is 5.82 Å². The van der Waals surface area contributed by atoms with Crippen LogP contribution in [0.25, 0.3) is 0 Å². The smallest absolute Gasteiger partial charge is 0.227 e. The molecule has 0 aliphatic carbocycles. The fraction of sp³-hybridized carbons (Fsp3) is 0.556. The summed E-state index contributed by atoms with van der Waals surface area (Å²) in [6, 6.07) is 6.64. The van der Waals surface area contributed by atoms with E-state index in [9.17, 15) is 14.0 Å². The molecule has 130 valence electrons. The largest absolute Gasteiger partial charge is 0.341 e. The summed E-state index contributed by atoms with van der Waals surface area (Å²) in [7, 11) is 1.85. The maximum atomic E-state index is 12.9. The number of hydrogen-bond acceptors (Lipinski definition) is 3. The maximum Gasteiger partial charge on any atom is 0.227 e. The summed E-state index contributed by atoms with van der Waals surface area (Å²) in [5.41, 5.74) is 1.06. The molecule has 0 spiro atoms. The van der Waals surface area contributed by atoms with E-state index in [-0.39, 0.29) is 29.6 Å². The van der Waals surface area contributed by atoms with Crippen LogP contribution in [-0.2, 0) is 15.3 Å². The SMILES string of the molecule is CN1C(=O)C2CCC1CN(C(=O)CCSCc1ccc(F)cc1)C2. The second kappa shape index (κ2) is 7.55. The molecule has 3 aliphatic heterocycles. The van der Waals surface area contributed by atoms with Gasteiger partial charge < -0.3 is 9.80 Å². The van der Waals surface area contributed by atoms with Gasteiger partial charge in [-0.1, -0.05) is 12.1 Å². The van der Waals surface area contributed by atoms with E-state index in [2.05, 4.69) is 0 Å². The van der Waals surface area contributed by atoms with Gasteiger partial charge >= 0.3 is 0 Å². The van der Waals surface area contributed by atoms with Gasteiger partial charge in [-0.15, -0.1) is 0 Å². The second-order valence-electron chi connectivity index (χ2n) is 6.61. The number of amides is 2. The Kier molecular flexibility index (Phi) is 5.43. The number of carbonyl (C=O) groups is 2. The minimum atomic E-state index is -0.228. The Labute approximate surface area is 146 Å². The van der Waals surface area contributed by atoms with Crippen LogP contribution in [-0.4, -0.2) is 53.5 Å². The summed E-state index contributed by atoms with van der Waals surface area (Å²) in [5, 5.41) is 0. The highest BCUT2D eigenvalue weighted by Gasteiger charge is 2.39. The number of benzene rings is 1. The number of piperidine rings is 1. The van der Waals surface area contributed by atoms with Gasteiger partial charge in [0.15, 0.2) is 0 Å². The summed E-state index contributed by atoms with van der Waals surface area (Å²) >= 11 is 1.68. The third-order valence-electron chi connectivity index (χ3n) is 4.96. The molecule has 3 aliphatic rings. The van der Waals surface area contributed by atoms with Crippen molar-refractivity contribution in [1.82, 2.24) is 9.80 Å². The number of nitrogens with zero attached hydrogens (tertiary/aromatic N) is 2. The van der Waals surface area contributed by atoms with Gasteiger partial charge in [0.05, 0.1) is 5.92 Å². The molecule has 0 saturated carbocycles. The van der Waals surface area contributed by atoms with Crippen LogP contribution in [0.1, 0.15) is 24.8 Å². The Morgan fingerprint density at radius 3 is 2.75 bits per heavy atom. The predicted octanol–water partition coefficient (Wildman–Crippen LogP) is 2.53. The summed E-state index contributed by atoms with van der Waals surface area (Å²) in [4.78, 5) is 28.3. The van der Waals surface area contributed by atoms with Crippen molar-refractivity contribution in [3.8, 4) is 0 Å². The van der Waals surface area contributed by atoms with E-state index in [1.54, 1.807) is 23.9 Å². The first-order chi connectivity index (χ1) is 11.5. The highest BCUT2D eigenvalue weighted by atomic mass is 32.2. The molecule has 3 saturated heterocycles. The maximum absolute atomic E-state index is 12.9. The molecule has 2 unspecified atom stereocenters. The molecular formula is C18H23FN2O2S. The first-order valence-corrected chi connectivity index (χ1v) is 9.56. The zero-order valence-corrected chi connectivity index (χ0v) is 14.7. The molecule has 24 heavy (non-hydrogen) atoms. The summed E-state index contributed by atoms with van der Waals surface area (Å²) in [6.45, 7) is 1.24. The lowest BCUT2D eigenvalue weighted by Crippen LogP contribution is -2.45. The molecule has 0 N–H and O–H groups in total. The standard InChI is InChI=1S/C18H23FN2O2S/c1-20-16-7-4-14(18(20)23)10-21(11-16)17(22)8-9-24-12-13-2-5-15(19)6-3-13/h2-3,5-6,14,16H,4,7-12H2,1H3. The topological polar surface area (TPSA) is 40.6 Å². The monoisotopic (exact) mass is 350 g/mol. The molecule has 2 amide bonds. The Balaban J connectivity index is 1.45. The average Bonchev–Trinajstić information content (AvgIpc) is 2.87. The first kappa shape index (κ1) is 17.3. The summed E-state index contributed by atoms with van der Waals surface area (Å²) < 4.78 is 12.9. The molecule has 4 nitrogen and oxygen atoms in total. The van der Waals surface area contributed by atoms with Gasteiger partial charge in [-0.05, 0) is 30.5 Å². The van der Waals surface area contributed by atoms with E-state index in [1.165, 1.54) is 12.1 Å². The number of fused-ring (bicyclic) bond motifs is 4.